The molecule has 0 amide bonds. The van der Waals surface area contributed by atoms with Crippen molar-refractivity contribution in [3.05, 3.63) is 39.1 Å². The number of anilines is 1. The molecule has 0 unspecified atom stereocenters. The summed E-state index contributed by atoms with van der Waals surface area (Å²) in [7, 11) is 0. The van der Waals surface area contributed by atoms with Crippen LogP contribution in [0, 0.1) is 5.82 Å². The number of hydrazone groups is 1. The average Bonchev–Trinajstić information content (AvgIpc) is 2.32. The van der Waals surface area contributed by atoms with E-state index in [0.717, 1.165) is 12.3 Å². The van der Waals surface area contributed by atoms with E-state index in [1.165, 1.54) is 12.1 Å². The van der Waals surface area contributed by atoms with Crippen LogP contribution >= 0.6 is 34.8 Å². The van der Waals surface area contributed by atoms with Gasteiger partial charge in [0.15, 0.2) is 0 Å². The van der Waals surface area contributed by atoms with Gasteiger partial charge in [0.1, 0.15) is 10.8 Å². The van der Waals surface area contributed by atoms with Crippen LogP contribution in [0.4, 0.5) is 10.1 Å². The van der Waals surface area contributed by atoms with Gasteiger partial charge >= 0.3 is 5.97 Å². The Kier molecular flexibility index (Phi) is 5.40. The summed E-state index contributed by atoms with van der Waals surface area (Å²) in [5, 5.41) is 11.3. The van der Waals surface area contributed by atoms with E-state index in [9.17, 15) is 9.18 Å². The minimum Gasteiger partial charge on any atom is -0.477 e. The van der Waals surface area contributed by atoms with Crippen LogP contribution < -0.4 is 5.43 Å². The fourth-order valence-electron chi connectivity index (χ4n) is 0.888. The summed E-state index contributed by atoms with van der Waals surface area (Å²) in [5.74, 6) is -1.92. The average molecular weight is 312 g/mol. The van der Waals surface area contributed by atoms with Gasteiger partial charge in [-0.15, -0.1) is 0 Å². The Labute approximate surface area is 117 Å². The first-order chi connectivity index (χ1) is 8.41. The zero-order chi connectivity index (χ0) is 13.7. The first-order valence-corrected chi connectivity index (χ1v) is 5.58. The number of halogens is 4. The van der Waals surface area contributed by atoms with Gasteiger partial charge in [0.05, 0.1) is 22.0 Å². The lowest BCUT2D eigenvalue weighted by molar-refractivity contribution is -0.131. The lowest BCUT2D eigenvalue weighted by atomic mass is 10.3. The van der Waals surface area contributed by atoms with Crippen molar-refractivity contribution in [1.82, 2.24) is 0 Å². The van der Waals surface area contributed by atoms with E-state index < -0.39 is 16.8 Å². The van der Waals surface area contributed by atoms with Gasteiger partial charge in [0, 0.05) is 0 Å². The van der Waals surface area contributed by atoms with Crippen molar-refractivity contribution in [3.8, 4) is 0 Å². The van der Waals surface area contributed by atoms with Crippen LogP contribution in [0.3, 0.4) is 0 Å². The summed E-state index contributed by atoms with van der Waals surface area (Å²) in [5.41, 5.74) is 2.90. The third kappa shape index (κ3) is 4.18. The van der Waals surface area contributed by atoms with Crippen LogP contribution in [0.1, 0.15) is 0 Å². The molecule has 18 heavy (non-hydrogen) atoms. The maximum Gasteiger partial charge on any atom is 0.348 e. The van der Waals surface area contributed by atoms with E-state index in [-0.39, 0.29) is 10.1 Å². The number of nitrogens with zero attached hydrogens (tertiary/aromatic N) is 1. The number of carboxylic acids is 1. The molecule has 0 spiro atoms. The van der Waals surface area contributed by atoms with Crippen LogP contribution in [0.25, 0.3) is 0 Å². The van der Waals surface area contributed by atoms with Gasteiger partial charge in [-0.2, -0.15) is 5.10 Å². The molecule has 1 aromatic rings. The third-order valence-electron chi connectivity index (χ3n) is 1.69. The molecule has 0 aliphatic rings. The largest absolute Gasteiger partial charge is 0.477 e. The second kappa shape index (κ2) is 6.58. The highest BCUT2D eigenvalue weighted by atomic mass is 35.5. The van der Waals surface area contributed by atoms with E-state index in [0.29, 0.717) is 5.69 Å². The molecule has 2 N–H and O–H groups in total. The number of allylic oxidation sites excluding steroid dienone is 1. The molecule has 0 aromatic heterocycles. The fraction of sp³-hybridized carbons (Fsp3) is 0. The SMILES string of the molecule is O=C(O)/C(Cl)=C(Cl)\C=N/Nc1ccc(F)c(Cl)c1. The first-order valence-electron chi connectivity index (χ1n) is 4.44. The van der Waals surface area contributed by atoms with Crippen molar-refractivity contribution in [2.45, 2.75) is 0 Å². The molecule has 96 valence electrons. The zero-order valence-corrected chi connectivity index (χ0v) is 10.9. The number of rotatable bonds is 4. The van der Waals surface area contributed by atoms with Gasteiger partial charge in [0.2, 0.25) is 0 Å². The van der Waals surface area contributed by atoms with Crippen molar-refractivity contribution in [1.29, 1.82) is 0 Å². The standard InChI is InChI=1S/C10H6Cl3FN2O2/c11-6-3-5(1-2-8(6)14)16-15-4-7(12)9(13)10(17)18/h1-4,16H,(H,17,18)/b9-7-,15-4-. The number of hydrogen-bond acceptors (Lipinski definition) is 3. The quantitative estimate of drug-likeness (QED) is 0.507. The lowest BCUT2D eigenvalue weighted by Crippen LogP contribution is -1.98. The van der Waals surface area contributed by atoms with Crippen LogP contribution in [0.2, 0.25) is 5.02 Å². The molecule has 4 nitrogen and oxygen atoms in total. The topological polar surface area (TPSA) is 61.7 Å². The Bertz CT molecular complexity index is 532. The Balaban J connectivity index is 2.73. The van der Waals surface area contributed by atoms with E-state index in [1.807, 2.05) is 0 Å². The molecule has 8 heteroatoms. The number of carbonyl (C=O) groups is 1. The van der Waals surface area contributed by atoms with Crippen LogP contribution in [0.5, 0.6) is 0 Å². The van der Waals surface area contributed by atoms with Crippen LogP contribution in [-0.2, 0) is 4.79 Å². The molecule has 1 aromatic carbocycles. The second-order valence-electron chi connectivity index (χ2n) is 2.97. The van der Waals surface area contributed by atoms with Crippen molar-refractivity contribution in [3.63, 3.8) is 0 Å². The minimum absolute atomic E-state index is 0.0691. The molecular weight excluding hydrogens is 305 g/mol. The molecule has 0 saturated carbocycles. The monoisotopic (exact) mass is 310 g/mol. The summed E-state index contributed by atoms with van der Waals surface area (Å²) >= 11 is 16.4. The van der Waals surface area contributed by atoms with Crippen molar-refractivity contribution >= 4 is 52.7 Å². The van der Waals surface area contributed by atoms with Gasteiger partial charge in [-0.25, -0.2) is 9.18 Å². The van der Waals surface area contributed by atoms with Gasteiger partial charge in [-0.1, -0.05) is 34.8 Å². The molecule has 0 atom stereocenters. The van der Waals surface area contributed by atoms with Crippen molar-refractivity contribution in [2.24, 2.45) is 5.10 Å². The number of benzene rings is 1. The third-order valence-corrected chi connectivity index (χ3v) is 2.73. The molecule has 0 bridgehead atoms. The summed E-state index contributed by atoms with van der Waals surface area (Å²) in [6.45, 7) is 0. The first kappa shape index (κ1) is 14.8. The lowest BCUT2D eigenvalue weighted by Gasteiger charge is -2.01. The van der Waals surface area contributed by atoms with Gasteiger partial charge in [-0.05, 0) is 18.2 Å². The highest BCUT2D eigenvalue weighted by Gasteiger charge is 2.07. The predicted octanol–water partition coefficient (Wildman–Crippen LogP) is 3.65. The summed E-state index contributed by atoms with van der Waals surface area (Å²) in [6.07, 6.45) is 1.01. The molecule has 0 radical (unpaired) electrons. The molecule has 0 aliphatic heterocycles. The summed E-state index contributed by atoms with van der Waals surface area (Å²) < 4.78 is 12.8. The normalized spacial score (nSPS) is 12.4. The predicted molar refractivity (Wildman–Crippen MR) is 69.9 cm³/mol. The Morgan fingerprint density at radius 1 is 1.44 bits per heavy atom. The number of carboxylic acid groups (broad SMARTS) is 1. The number of nitrogens with one attached hydrogen (secondary N) is 1. The highest BCUT2D eigenvalue weighted by molar-refractivity contribution is 6.51. The summed E-state index contributed by atoms with van der Waals surface area (Å²) in [4.78, 5) is 10.4. The highest BCUT2D eigenvalue weighted by Crippen LogP contribution is 2.19. The van der Waals surface area contributed by atoms with Crippen LogP contribution in [-0.4, -0.2) is 17.3 Å². The van der Waals surface area contributed by atoms with Crippen molar-refractivity contribution < 1.29 is 14.3 Å². The second-order valence-corrected chi connectivity index (χ2v) is 4.16. The Morgan fingerprint density at radius 2 is 2.11 bits per heavy atom. The molecule has 1 rings (SSSR count). The smallest absolute Gasteiger partial charge is 0.348 e. The van der Waals surface area contributed by atoms with Gasteiger partial charge in [-0.3, -0.25) is 5.43 Å². The van der Waals surface area contributed by atoms with Crippen molar-refractivity contribution in [2.75, 3.05) is 5.43 Å². The Hall–Kier alpha value is -1.30. The molecule has 0 saturated heterocycles. The van der Waals surface area contributed by atoms with Gasteiger partial charge in [0.25, 0.3) is 0 Å². The maximum absolute atomic E-state index is 12.8. The molecular formula is C10H6Cl3FN2O2. The molecule has 0 aliphatic carbocycles. The van der Waals surface area contributed by atoms with E-state index in [2.05, 4.69) is 10.5 Å². The maximum atomic E-state index is 12.8. The van der Waals surface area contributed by atoms with Gasteiger partial charge < -0.3 is 5.11 Å². The fourth-order valence-corrected chi connectivity index (χ4v) is 1.25. The minimum atomic E-state index is -1.36. The number of hydrogen-bond donors (Lipinski definition) is 2. The van der Waals surface area contributed by atoms with E-state index >= 15 is 0 Å². The van der Waals surface area contributed by atoms with Crippen LogP contribution in [0.15, 0.2) is 33.4 Å². The molecule has 0 heterocycles. The van der Waals surface area contributed by atoms with E-state index in [4.69, 9.17) is 39.9 Å². The summed E-state index contributed by atoms with van der Waals surface area (Å²) in [6, 6.07) is 3.86. The zero-order valence-electron chi connectivity index (χ0n) is 8.62. The Morgan fingerprint density at radius 3 is 2.67 bits per heavy atom. The van der Waals surface area contributed by atoms with E-state index in [1.54, 1.807) is 0 Å². The molecule has 0 fully saturated rings. The number of aliphatic carboxylic acids is 1.